The van der Waals surface area contributed by atoms with Crippen LogP contribution in [0.3, 0.4) is 0 Å². The van der Waals surface area contributed by atoms with E-state index in [2.05, 4.69) is 10.6 Å². The molecule has 1 unspecified atom stereocenters. The Morgan fingerprint density at radius 2 is 2.00 bits per heavy atom. The number of carbonyl (C=O) groups is 1. The van der Waals surface area contributed by atoms with Crippen molar-refractivity contribution in [2.24, 2.45) is 5.92 Å². The van der Waals surface area contributed by atoms with E-state index in [1.165, 1.54) is 0 Å². The molecule has 5 nitrogen and oxygen atoms in total. The van der Waals surface area contributed by atoms with Gasteiger partial charge in [-0.3, -0.25) is 4.79 Å². The van der Waals surface area contributed by atoms with Crippen LogP contribution in [-0.4, -0.2) is 38.9 Å². The first-order valence-corrected chi connectivity index (χ1v) is 8.65. The molecule has 2 rings (SSSR count). The highest BCUT2D eigenvalue weighted by Crippen LogP contribution is 2.17. The summed E-state index contributed by atoms with van der Waals surface area (Å²) < 4.78 is 22.7. The quantitative estimate of drug-likeness (QED) is 0.858. The van der Waals surface area contributed by atoms with E-state index in [0.29, 0.717) is 18.5 Å². The fourth-order valence-electron chi connectivity index (χ4n) is 2.32. The van der Waals surface area contributed by atoms with Crippen LogP contribution in [0.4, 0.5) is 5.69 Å². The van der Waals surface area contributed by atoms with Crippen LogP contribution < -0.4 is 10.6 Å². The van der Waals surface area contributed by atoms with Gasteiger partial charge < -0.3 is 10.6 Å². The predicted octanol–water partition coefficient (Wildman–Crippen LogP) is 1.28. The molecule has 1 fully saturated rings. The van der Waals surface area contributed by atoms with Gasteiger partial charge in [0.05, 0.1) is 11.5 Å². The van der Waals surface area contributed by atoms with Gasteiger partial charge in [-0.2, -0.15) is 0 Å². The minimum atomic E-state index is -2.88. The number of amides is 1. The minimum Gasteiger partial charge on any atom is -0.385 e. The third kappa shape index (κ3) is 3.96. The molecule has 0 radical (unpaired) electrons. The summed E-state index contributed by atoms with van der Waals surface area (Å²) in [6.45, 7) is 3.27. The lowest BCUT2D eigenvalue weighted by Gasteiger charge is -2.10. The summed E-state index contributed by atoms with van der Waals surface area (Å²) in [6.07, 6.45) is 0.641. The van der Waals surface area contributed by atoms with E-state index in [9.17, 15) is 13.2 Å². The van der Waals surface area contributed by atoms with Gasteiger partial charge in [-0.15, -0.1) is 0 Å². The van der Waals surface area contributed by atoms with Gasteiger partial charge in [-0.25, -0.2) is 8.42 Å². The van der Waals surface area contributed by atoms with Crippen LogP contribution in [0, 0.1) is 5.92 Å². The molecule has 0 spiro atoms. The smallest absolute Gasteiger partial charge is 0.251 e. The van der Waals surface area contributed by atoms with Crippen molar-refractivity contribution >= 4 is 21.4 Å². The highest BCUT2D eigenvalue weighted by molar-refractivity contribution is 7.91. The van der Waals surface area contributed by atoms with Crippen LogP contribution in [0.25, 0.3) is 0 Å². The molecule has 1 saturated heterocycles. The van der Waals surface area contributed by atoms with Gasteiger partial charge in [0.1, 0.15) is 0 Å². The first-order valence-electron chi connectivity index (χ1n) is 6.83. The Morgan fingerprint density at radius 1 is 1.30 bits per heavy atom. The molecule has 1 aromatic carbocycles. The summed E-state index contributed by atoms with van der Waals surface area (Å²) in [5.41, 5.74) is 1.57. The number of nitrogens with one attached hydrogen (secondary N) is 2. The molecule has 6 heteroatoms. The molecule has 110 valence electrons. The van der Waals surface area contributed by atoms with E-state index in [-0.39, 0.29) is 23.3 Å². The molecule has 0 saturated carbocycles. The second kappa shape index (κ2) is 6.26. The van der Waals surface area contributed by atoms with Crippen LogP contribution in [0.15, 0.2) is 24.3 Å². The average molecular weight is 296 g/mol. The van der Waals surface area contributed by atoms with E-state index in [1.54, 1.807) is 12.1 Å². The number of hydrogen-bond acceptors (Lipinski definition) is 4. The van der Waals surface area contributed by atoms with E-state index >= 15 is 0 Å². The van der Waals surface area contributed by atoms with Crippen LogP contribution in [-0.2, 0) is 9.84 Å². The number of rotatable bonds is 5. The Kier molecular flexibility index (Phi) is 4.65. The second-order valence-electron chi connectivity index (χ2n) is 5.09. The predicted molar refractivity (Wildman–Crippen MR) is 79.7 cm³/mol. The normalized spacial score (nSPS) is 20.6. The van der Waals surface area contributed by atoms with E-state index in [4.69, 9.17) is 0 Å². The summed E-state index contributed by atoms with van der Waals surface area (Å²) in [7, 11) is -2.88. The van der Waals surface area contributed by atoms with E-state index in [0.717, 1.165) is 12.2 Å². The van der Waals surface area contributed by atoms with E-state index in [1.807, 2.05) is 19.1 Å². The van der Waals surface area contributed by atoms with Crippen molar-refractivity contribution in [2.75, 3.05) is 29.9 Å². The third-order valence-electron chi connectivity index (χ3n) is 3.41. The third-order valence-corrected chi connectivity index (χ3v) is 5.24. The molecule has 0 aromatic heterocycles. The highest BCUT2D eigenvalue weighted by atomic mass is 32.2. The Balaban J connectivity index is 1.86. The van der Waals surface area contributed by atoms with Crippen LogP contribution in [0.5, 0.6) is 0 Å². The maximum Gasteiger partial charge on any atom is 0.251 e. The zero-order chi connectivity index (χ0) is 14.6. The zero-order valence-electron chi connectivity index (χ0n) is 11.6. The topological polar surface area (TPSA) is 75.3 Å². The second-order valence-corrected chi connectivity index (χ2v) is 7.32. The Labute approximate surface area is 119 Å². The molecule has 20 heavy (non-hydrogen) atoms. The van der Waals surface area contributed by atoms with Crippen LogP contribution in [0.2, 0.25) is 0 Å². The summed E-state index contributed by atoms with van der Waals surface area (Å²) in [5, 5.41) is 5.97. The maximum atomic E-state index is 12.0. The Morgan fingerprint density at radius 3 is 2.55 bits per heavy atom. The van der Waals surface area contributed by atoms with Gasteiger partial charge in [0.2, 0.25) is 0 Å². The standard InChI is InChI=1S/C14H20N2O3S/c1-2-15-13-5-3-12(4-6-13)14(17)16-9-11-7-8-20(18,19)10-11/h3-6,11,15H,2,7-10H2,1H3,(H,16,17). The van der Waals surface area contributed by atoms with Crippen LogP contribution in [0.1, 0.15) is 23.7 Å². The number of sulfone groups is 1. The van der Waals surface area contributed by atoms with Crippen molar-refractivity contribution in [3.63, 3.8) is 0 Å². The van der Waals surface area contributed by atoms with Crippen molar-refractivity contribution < 1.29 is 13.2 Å². The molecule has 1 aliphatic heterocycles. The molecule has 1 aliphatic rings. The summed E-state index contributed by atoms with van der Waals surface area (Å²) in [6, 6.07) is 7.24. The highest BCUT2D eigenvalue weighted by Gasteiger charge is 2.27. The van der Waals surface area contributed by atoms with Gasteiger partial charge in [-0.05, 0) is 43.5 Å². The number of carbonyl (C=O) groups excluding carboxylic acids is 1. The zero-order valence-corrected chi connectivity index (χ0v) is 12.4. The first kappa shape index (κ1) is 14.8. The largest absolute Gasteiger partial charge is 0.385 e. The molecular formula is C14H20N2O3S. The Hall–Kier alpha value is -1.56. The van der Waals surface area contributed by atoms with Gasteiger partial charge in [0.15, 0.2) is 9.84 Å². The van der Waals surface area contributed by atoms with Crippen LogP contribution >= 0.6 is 0 Å². The fourth-order valence-corrected chi connectivity index (χ4v) is 4.18. The number of anilines is 1. The van der Waals surface area contributed by atoms with Crippen molar-refractivity contribution in [1.82, 2.24) is 5.32 Å². The van der Waals surface area contributed by atoms with Crippen molar-refractivity contribution in [3.8, 4) is 0 Å². The Bertz CT molecular complexity index is 567. The molecular weight excluding hydrogens is 276 g/mol. The van der Waals surface area contributed by atoms with Gasteiger partial charge in [0, 0.05) is 24.3 Å². The lowest BCUT2D eigenvalue weighted by Crippen LogP contribution is -2.29. The van der Waals surface area contributed by atoms with Gasteiger partial charge >= 0.3 is 0 Å². The molecule has 2 N–H and O–H groups in total. The lowest BCUT2D eigenvalue weighted by molar-refractivity contribution is 0.0948. The lowest BCUT2D eigenvalue weighted by atomic mass is 10.1. The molecule has 1 aromatic rings. The van der Waals surface area contributed by atoms with Gasteiger partial charge in [0.25, 0.3) is 5.91 Å². The molecule has 0 bridgehead atoms. The molecule has 0 aliphatic carbocycles. The summed E-state index contributed by atoms with van der Waals surface area (Å²) in [4.78, 5) is 12.0. The average Bonchev–Trinajstić information content (AvgIpc) is 2.77. The maximum absolute atomic E-state index is 12.0. The minimum absolute atomic E-state index is 0.0463. The SMILES string of the molecule is CCNc1ccc(C(=O)NCC2CCS(=O)(=O)C2)cc1. The number of benzene rings is 1. The number of hydrogen-bond donors (Lipinski definition) is 2. The summed E-state index contributed by atoms with van der Waals surface area (Å²) >= 11 is 0. The summed E-state index contributed by atoms with van der Waals surface area (Å²) in [5.74, 6) is 0.319. The van der Waals surface area contributed by atoms with Gasteiger partial charge in [-0.1, -0.05) is 0 Å². The molecule has 1 atom stereocenters. The first-order chi connectivity index (χ1) is 9.50. The molecule has 1 amide bonds. The fraction of sp³-hybridized carbons (Fsp3) is 0.500. The van der Waals surface area contributed by atoms with Crippen molar-refractivity contribution in [1.29, 1.82) is 0 Å². The van der Waals surface area contributed by atoms with Crippen molar-refractivity contribution in [3.05, 3.63) is 29.8 Å². The van der Waals surface area contributed by atoms with E-state index < -0.39 is 9.84 Å². The molecule has 1 heterocycles. The monoisotopic (exact) mass is 296 g/mol. The van der Waals surface area contributed by atoms with Crippen molar-refractivity contribution in [2.45, 2.75) is 13.3 Å².